The normalized spacial score (nSPS) is 27.4. The Morgan fingerprint density at radius 1 is 1.10 bits per heavy atom. The molecule has 1 aromatic carbocycles. The molecule has 110 valence electrons. The Bertz CT molecular complexity index is 476. The van der Waals surface area contributed by atoms with Gasteiger partial charge in [0.25, 0.3) is 0 Å². The monoisotopic (exact) mass is 275 g/mol. The van der Waals surface area contributed by atoms with Gasteiger partial charge < -0.3 is 14.8 Å². The molecule has 0 spiro atoms. The number of hydrogen-bond donors (Lipinski definition) is 1. The van der Waals surface area contributed by atoms with Crippen LogP contribution < -0.4 is 14.8 Å². The van der Waals surface area contributed by atoms with E-state index in [0.29, 0.717) is 0 Å². The summed E-state index contributed by atoms with van der Waals surface area (Å²) >= 11 is 0. The van der Waals surface area contributed by atoms with Gasteiger partial charge >= 0.3 is 0 Å². The van der Waals surface area contributed by atoms with Crippen molar-refractivity contribution in [3.63, 3.8) is 0 Å². The van der Waals surface area contributed by atoms with Gasteiger partial charge in [-0.1, -0.05) is 19.8 Å². The molecular formula is C17H25NO2. The molecule has 1 saturated carbocycles. The minimum absolute atomic E-state index is 0.541. The van der Waals surface area contributed by atoms with Crippen molar-refractivity contribution in [3.8, 4) is 11.5 Å². The third-order valence-corrected chi connectivity index (χ3v) is 4.39. The summed E-state index contributed by atoms with van der Waals surface area (Å²) in [4.78, 5) is 0. The summed E-state index contributed by atoms with van der Waals surface area (Å²) in [6, 6.07) is 6.12. The van der Waals surface area contributed by atoms with E-state index in [4.69, 9.17) is 9.47 Å². The van der Waals surface area contributed by atoms with Crippen LogP contribution in [0.15, 0.2) is 18.2 Å². The Balaban J connectivity index is 1.57. The molecule has 1 N–H and O–H groups in total. The van der Waals surface area contributed by atoms with Crippen molar-refractivity contribution in [3.05, 3.63) is 18.2 Å². The van der Waals surface area contributed by atoms with E-state index in [0.717, 1.165) is 35.6 Å². The molecule has 1 aromatic rings. The van der Waals surface area contributed by atoms with Gasteiger partial charge in [0.15, 0.2) is 11.5 Å². The Morgan fingerprint density at radius 3 is 2.55 bits per heavy atom. The second-order valence-electron chi connectivity index (χ2n) is 6.77. The molecule has 1 fully saturated rings. The lowest BCUT2D eigenvalue weighted by molar-refractivity contribution is -0.0431. The van der Waals surface area contributed by atoms with E-state index in [1.165, 1.54) is 25.7 Å². The topological polar surface area (TPSA) is 30.5 Å². The maximum absolute atomic E-state index is 5.78. The zero-order valence-corrected chi connectivity index (χ0v) is 12.7. The van der Waals surface area contributed by atoms with E-state index in [-0.39, 0.29) is 0 Å². The Kier molecular flexibility index (Phi) is 3.53. The van der Waals surface area contributed by atoms with Crippen LogP contribution in [0.5, 0.6) is 11.5 Å². The van der Waals surface area contributed by atoms with Crippen molar-refractivity contribution >= 4 is 5.69 Å². The largest absolute Gasteiger partial charge is 0.449 e. The molecule has 3 nitrogen and oxygen atoms in total. The van der Waals surface area contributed by atoms with Crippen LogP contribution in [0.25, 0.3) is 0 Å². The molecule has 1 heterocycles. The van der Waals surface area contributed by atoms with Crippen molar-refractivity contribution in [2.24, 2.45) is 11.8 Å². The highest BCUT2D eigenvalue weighted by atomic mass is 16.7. The van der Waals surface area contributed by atoms with Gasteiger partial charge in [0.2, 0.25) is 5.79 Å². The van der Waals surface area contributed by atoms with Crippen LogP contribution in [0.1, 0.15) is 46.5 Å². The van der Waals surface area contributed by atoms with E-state index in [2.05, 4.69) is 24.4 Å². The fraction of sp³-hybridized carbons (Fsp3) is 0.647. The Morgan fingerprint density at radius 2 is 1.80 bits per heavy atom. The van der Waals surface area contributed by atoms with Crippen LogP contribution in [0.4, 0.5) is 5.69 Å². The highest BCUT2D eigenvalue weighted by Gasteiger charge is 2.31. The van der Waals surface area contributed by atoms with Gasteiger partial charge in [-0.25, -0.2) is 0 Å². The van der Waals surface area contributed by atoms with E-state index in [9.17, 15) is 0 Å². The van der Waals surface area contributed by atoms with Gasteiger partial charge in [0.1, 0.15) is 0 Å². The van der Waals surface area contributed by atoms with E-state index in [1.54, 1.807) is 0 Å². The van der Waals surface area contributed by atoms with Crippen molar-refractivity contribution in [2.45, 2.75) is 52.2 Å². The number of anilines is 1. The number of benzene rings is 1. The van der Waals surface area contributed by atoms with Crippen molar-refractivity contribution in [2.75, 3.05) is 11.9 Å². The number of ether oxygens (including phenoxy) is 2. The Hall–Kier alpha value is -1.38. The minimum Gasteiger partial charge on any atom is -0.449 e. The first-order valence-electron chi connectivity index (χ1n) is 7.78. The standard InChI is InChI=1S/C17H25NO2/c1-12-4-6-13(7-5-12)11-18-14-8-9-15-16(10-14)20-17(2,3)19-15/h8-10,12-13,18H,4-7,11H2,1-3H3. The molecule has 3 rings (SSSR count). The van der Waals surface area contributed by atoms with Crippen LogP contribution in [0.3, 0.4) is 0 Å². The molecule has 0 radical (unpaired) electrons. The molecule has 2 aliphatic rings. The first-order valence-corrected chi connectivity index (χ1v) is 7.78. The smallest absolute Gasteiger partial charge is 0.246 e. The summed E-state index contributed by atoms with van der Waals surface area (Å²) < 4.78 is 11.5. The number of hydrogen-bond acceptors (Lipinski definition) is 3. The van der Waals surface area contributed by atoms with Crippen molar-refractivity contribution in [1.29, 1.82) is 0 Å². The van der Waals surface area contributed by atoms with E-state index in [1.807, 2.05) is 19.9 Å². The average Bonchev–Trinajstić information content (AvgIpc) is 2.71. The molecule has 1 aliphatic carbocycles. The molecule has 1 aliphatic heterocycles. The summed E-state index contributed by atoms with van der Waals surface area (Å²) in [6.07, 6.45) is 5.46. The van der Waals surface area contributed by atoms with Crippen LogP contribution in [0.2, 0.25) is 0 Å². The quantitative estimate of drug-likeness (QED) is 0.885. The predicted octanol–water partition coefficient (Wildman–Crippen LogP) is 4.43. The lowest BCUT2D eigenvalue weighted by Gasteiger charge is -2.26. The molecule has 0 amide bonds. The molecule has 0 saturated heterocycles. The van der Waals surface area contributed by atoms with Gasteiger partial charge in [-0.3, -0.25) is 0 Å². The summed E-state index contributed by atoms with van der Waals surface area (Å²) in [5, 5.41) is 3.55. The zero-order valence-electron chi connectivity index (χ0n) is 12.7. The molecule has 0 bridgehead atoms. The van der Waals surface area contributed by atoms with E-state index < -0.39 is 5.79 Å². The molecule has 20 heavy (non-hydrogen) atoms. The van der Waals surface area contributed by atoms with Crippen LogP contribution in [0, 0.1) is 11.8 Å². The third kappa shape index (κ3) is 3.02. The van der Waals surface area contributed by atoms with Gasteiger partial charge in [-0.2, -0.15) is 0 Å². The summed E-state index contributed by atoms with van der Waals surface area (Å²) in [7, 11) is 0. The summed E-state index contributed by atoms with van der Waals surface area (Å²) in [6.45, 7) is 7.30. The third-order valence-electron chi connectivity index (χ3n) is 4.39. The fourth-order valence-corrected chi connectivity index (χ4v) is 3.13. The highest BCUT2D eigenvalue weighted by Crippen LogP contribution is 2.40. The van der Waals surface area contributed by atoms with Gasteiger partial charge in [0.05, 0.1) is 0 Å². The van der Waals surface area contributed by atoms with Gasteiger partial charge in [-0.15, -0.1) is 0 Å². The van der Waals surface area contributed by atoms with Gasteiger partial charge in [0, 0.05) is 32.1 Å². The molecule has 3 heteroatoms. The Labute approximate surface area is 121 Å². The molecule has 0 atom stereocenters. The van der Waals surface area contributed by atoms with Crippen LogP contribution in [-0.4, -0.2) is 12.3 Å². The second kappa shape index (κ2) is 5.19. The maximum Gasteiger partial charge on any atom is 0.246 e. The second-order valence-corrected chi connectivity index (χ2v) is 6.77. The van der Waals surface area contributed by atoms with Crippen LogP contribution >= 0.6 is 0 Å². The first-order chi connectivity index (χ1) is 9.52. The lowest BCUT2D eigenvalue weighted by Crippen LogP contribution is -2.29. The van der Waals surface area contributed by atoms with Crippen molar-refractivity contribution in [1.82, 2.24) is 0 Å². The number of rotatable bonds is 3. The van der Waals surface area contributed by atoms with E-state index >= 15 is 0 Å². The molecule has 0 aromatic heterocycles. The first kappa shape index (κ1) is 13.6. The minimum atomic E-state index is -0.541. The zero-order chi connectivity index (χ0) is 14.2. The summed E-state index contributed by atoms with van der Waals surface area (Å²) in [5.74, 6) is 2.87. The highest BCUT2D eigenvalue weighted by molar-refractivity contribution is 5.56. The van der Waals surface area contributed by atoms with Crippen LogP contribution in [-0.2, 0) is 0 Å². The number of fused-ring (bicyclic) bond motifs is 1. The predicted molar refractivity (Wildman–Crippen MR) is 81.4 cm³/mol. The van der Waals surface area contributed by atoms with Crippen molar-refractivity contribution < 1.29 is 9.47 Å². The average molecular weight is 275 g/mol. The summed E-state index contributed by atoms with van der Waals surface area (Å²) in [5.41, 5.74) is 1.13. The lowest BCUT2D eigenvalue weighted by atomic mass is 9.83. The maximum atomic E-state index is 5.78. The molecular weight excluding hydrogens is 250 g/mol. The fourth-order valence-electron chi connectivity index (χ4n) is 3.13. The van der Waals surface area contributed by atoms with Gasteiger partial charge in [-0.05, 0) is 36.8 Å². The SMILES string of the molecule is CC1CCC(CNc2ccc3c(c2)OC(C)(C)O3)CC1. The number of nitrogens with one attached hydrogen (secondary N) is 1. The molecule has 0 unspecified atom stereocenters.